The van der Waals surface area contributed by atoms with Crippen LogP contribution in [0.15, 0.2) is 76.4 Å². The van der Waals surface area contributed by atoms with Gasteiger partial charge in [-0.3, -0.25) is 14.5 Å². The number of carbonyl (C=O) groups is 2. The number of likely N-dealkylation sites (N-methyl/N-ethyl adjacent to an activating group) is 1. The molecule has 2 amide bonds. The number of hydrogen-bond donors (Lipinski definition) is 2. The van der Waals surface area contributed by atoms with Crippen molar-refractivity contribution < 1.29 is 29.0 Å². The molecule has 1 aliphatic heterocycles. The maximum Gasteiger partial charge on any atom is 0.294 e. The number of ether oxygens (including phenoxy) is 1. The molecule has 0 fully saturated rings. The van der Waals surface area contributed by atoms with Gasteiger partial charge in [-0.1, -0.05) is 18.2 Å². The van der Waals surface area contributed by atoms with E-state index >= 15 is 0 Å². The predicted molar refractivity (Wildman–Crippen MR) is 140 cm³/mol. The number of nitrogens with zero attached hydrogens (tertiary/aromatic N) is 2. The Morgan fingerprint density at radius 2 is 1.81 bits per heavy atom. The maximum absolute atomic E-state index is 13.4. The van der Waals surface area contributed by atoms with Gasteiger partial charge in [0.2, 0.25) is 0 Å². The zero-order valence-electron chi connectivity index (χ0n) is 21.5. The first-order valence-electron chi connectivity index (χ1n) is 12.2. The number of carbonyl (C=O) groups excluding carboxylic acids is 2. The van der Waals surface area contributed by atoms with Crippen molar-refractivity contribution in [2.45, 2.75) is 32.9 Å². The van der Waals surface area contributed by atoms with Crippen LogP contribution in [0.5, 0.6) is 0 Å². The zero-order chi connectivity index (χ0) is 26.7. The molecule has 0 saturated carbocycles. The lowest BCUT2D eigenvalue weighted by Crippen LogP contribution is -2.34. The molecule has 1 aromatic heterocycles. The number of aliphatic hydroxyl groups excluding tert-OH is 2. The Bertz CT molecular complexity index is 1310. The van der Waals surface area contributed by atoms with Gasteiger partial charge in [0.25, 0.3) is 11.8 Å². The first kappa shape index (κ1) is 26.2. The Morgan fingerprint density at radius 1 is 1.11 bits per heavy atom. The van der Waals surface area contributed by atoms with Crippen LogP contribution < -0.4 is 4.90 Å². The monoisotopic (exact) mass is 504 g/mol. The number of rotatable bonds is 9. The summed E-state index contributed by atoms with van der Waals surface area (Å²) in [4.78, 5) is 29.6. The van der Waals surface area contributed by atoms with E-state index in [1.807, 2.05) is 45.0 Å². The molecule has 4 rings (SSSR count). The lowest BCUT2D eigenvalue weighted by atomic mass is 9.93. The number of amides is 2. The summed E-state index contributed by atoms with van der Waals surface area (Å²) in [7, 11) is 1.61. The van der Waals surface area contributed by atoms with Crippen LogP contribution in [0.1, 0.15) is 41.6 Å². The second-order valence-electron chi connectivity index (χ2n) is 9.31. The lowest BCUT2D eigenvalue weighted by molar-refractivity contribution is -0.117. The quantitative estimate of drug-likeness (QED) is 0.440. The van der Waals surface area contributed by atoms with Gasteiger partial charge in [0.1, 0.15) is 11.5 Å². The smallest absolute Gasteiger partial charge is 0.294 e. The number of hydrogen-bond acceptors (Lipinski definition) is 6. The van der Waals surface area contributed by atoms with Crippen LogP contribution in [0.25, 0.3) is 11.3 Å². The summed E-state index contributed by atoms with van der Waals surface area (Å²) in [5.74, 6) is 0.256. The molecule has 2 heterocycles. The average Bonchev–Trinajstić information content (AvgIpc) is 3.43. The Balaban J connectivity index is 1.80. The maximum atomic E-state index is 13.4. The van der Waals surface area contributed by atoms with E-state index < -0.39 is 11.9 Å². The molecule has 1 aliphatic rings. The van der Waals surface area contributed by atoms with Gasteiger partial charge < -0.3 is 24.3 Å². The van der Waals surface area contributed by atoms with E-state index in [-0.39, 0.29) is 37.5 Å². The van der Waals surface area contributed by atoms with Crippen molar-refractivity contribution in [2.75, 3.05) is 31.7 Å². The lowest BCUT2D eigenvalue weighted by Gasteiger charge is -2.29. The molecule has 0 radical (unpaired) electrons. The van der Waals surface area contributed by atoms with Gasteiger partial charge in [-0.25, -0.2) is 0 Å². The number of furan rings is 1. The number of benzene rings is 2. The predicted octanol–water partition coefficient (Wildman–Crippen LogP) is 4.64. The van der Waals surface area contributed by atoms with Gasteiger partial charge >= 0.3 is 0 Å². The van der Waals surface area contributed by atoms with Crippen molar-refractivity contribution in [3.63, 3.8) is 0 Å². The molecule has 37 heavy (non-hydrogen) atoms. The molecule has 3 aromatic rings. The third-order valence-corrected chi connectivity index (χ3v) is 6.32. The van der Waals surface area contributed by atoms with Gasteiger partial charge in [-0.05, 0) is 68.8 Å². The van der Waals surface area contributed by atoms with Crippen molar-refractivity contribution in [3.8, 4) is 11.3 Å². The second-order valence-corrected chi connectivity index (χ2v) is 9.31. The molecule has 0 bridgehead atoms. The first-order valence-corrected chi connectivity index (χ1v) is 12.2. The van der Waals surface area contributed by atoms with E-state index in [1.165, 1.54) is 9.80 Å². The Morgan fingerprint density at radius 3 is 2.43 bits per heavy atom. The highest BCUT2D eigenvalue weighted by Crippen LogP contribution is 2.42. The molecule has 2 N–H and O–H groups in total. The SMILES string of the molecule is Cc1ccc(-c2ccc(N3C(=O)C(O)=C(COC(C)C)C3c3ccccc3C(=O)N(C)CCO)cc2)o1. The van der Waals surface area contributed by atoms with E-state index in [2.05, 4.69) is 0 Å². The number of anilines is 1. The van der Waals surface area contributed by atoms with Crippen LogP contribution in [-0.2, 0) is 9.53 Å². The highest BCUT2D eigenvalue weighted by atomic mass is 16.5. The molecule has 8 nitrogen and oxygen atoms in total. The van der Waals surface area contributed by atoms with Crippen LogP contribution in [-0.4, -0.2) is 59.8 Å². The molecule has 0 spiro atoms. The normalized spacial score (nSPS) is 15.7. The summed E-state index contributed by atoms with van der Waals surface area (Å²) in [6, 6.07) is 17.3. The minimum absolute atomic E-state index is 0.0230. The second kappa shape index (κ2) is 11.0. The summed E-state index contributed by atoms with van der Waals surface area (Å²) < 4.78 is 11.5. The highest BCUT2D eigenvalue weighted by Gasteiger charge is 2.43. The minimum Gasteiger partial charge on any atom is -0.503 e. The fraction of sp³-hybridized carbons (Fsp3) is 0.310. The van der Waals surface area contributed by atoms with E-state index in [1.54, 1.807) is 43.4 Å². The van der Waals surface area contributed by atoms with Gasteiger partial charge in [-0.2, -0.15) is 0 Å². The largest absolute Gasteiger partial charge is 0.503 e. The molecule has 2 aromatic carbocycles. The topological polar surface area (TPSA) is 103 Å². The third-order valence-electron chi connectivity index (χ3n) is 6.32. The van der Waals surface area contributed by atoms with Gasteiger partial charge in [0.05, 0.1) is 25.4 Å². The van der Waals surface area contributed by atoms with Crippen LogP contribution >= 0.6 is 0 Å². The zero-order valence-corrected chi connectivity index (χ0v) is 21.5. The summed E-state index contributed by atoms with van der Waals surface area (Å²) in [6.07, 6.45) is -0.131. The Kier molecular flexibility index (Phi) is 7.80. The van der Waals surface area contributed by atoms with Crippen molar-refractivity contribution in [1.82, 2.24) is 4.90 Å². The molecule has 1 unspecified atom stereocenters. The molecule has 194 valence electrons. The molecular weight excluding hydrogens is 472 g/mol. The van der Waals surface area contributed by atoms with Crippen molar-refractivity contribution in [2.24, 2.45) is 0 Å². The summed E-state index contributed by atoms with van der Waals surface area (Å²) in [6.45, 7) is 5.63. The van der Waals surface area contributed by atoms with Gasteiger partial charge in [0, 0.05) is 36.0 Å². The van der Waals surface area contributed by atoms with Crippen molar-refractivity contribution in [3.05, 3.63) is 88.9 Å². The van der Waals surface area contributed by atoms with E-state index in [9.17, 15) is 19.8 Å². The Hall–Kier alpha value is -3.88. The fourth-order valence-corrected chi connectivity index (χ4v) is 4.41. The first-order chi connectivity index (χ1) is 17.7. The molecule has 8 heteroatoms. The van der Waals surface area contributed by atoms with Gasteiger partial charge in [-0.15, -0.1) is 0 Å². The van der Waals surface area contributed by atoms with Crippen LogP contribution in [0, 0.1) is 6.92 Å². The van der Waals surface area contributed by atoms with Crippen LogP contribution in [0.3, 0.4) is 0 Å². The highest BCUT2D eigenvalue weighted by molar-refractivity contribution is 6.09. The van der Waals surface area contributed by atoms with E-state index in [4.69, 9.17) is 9.15 Å². The molecular formula is C29H32N2O6. The molecule has 0 saturated heterocycles. The molecule has 0 aliphatic carbocycles. The minimum atomic E-state index is -0.759. The number of aryl methyl sites for hydroxylation is 1. The Labute approximate surface area is 216 Å². The van der Waals surface area contributed by atoms with Crippen LogP contribution in [0.2, 0.25) is 0 Å². The van der Waals surface area contributed by atoms with Gasteiger partial charge in [0.15, 0.2) is 5.76 Å². The summed E-state index contributed by atoms with van der Waals surface area (Å²) in [5.41, 5.74) is 2.72. The summed E-state index contributed by atoms with van der Waals surface area (Å²) >= 11 is 0. The number of aliphatic hydroxyl groups is 2. The van der Waals surface area contributed by atoms with E-state index in [0.29, 0.717) is 28.1 Å². The van der Waals surface area contributed by atoms with Crippen molar-refractivity contribution >= 4 is 17.5 Å². The van der Waals surface area contributed by atoms with Crippen LogP contribution in [0.4, 0.5) is 5.69 Å². The van der Waals surface area contributed by atoms with Crippen molar-refractivity contribution in [1.29, 1.82) is 0 Å². The third kappa shape index (κ3) is 5.30. The summed E-state index contributed by atoms with van der Waals surface area (Å²) in [5, 5.41) is 20.3. The average molecular weight is 505 g/mol. The fourth-order valence-electron chi connectivity index (χ4n) is 4.41. The van der Waals surface area contributed by atoms with E-state index in [0.717, 1.165) is 11.3 Å². The molecule has 1 atom stereocenters. The standard InChI is InChI=1S/C29H32N2O6/c1-18(2)36-17-24-26(22-7-5-6-8-23(22)28(34)30(4)15-16-32)31(29(35)27(24)33)21-12-10-20(11-13-21)25-14-9-19(3)37-25/h5-14,18,26,32-33H,15-17H2,1-4H3.